The van der Waals surface area contributed by atoms with Gasteiger partial charge >= 0.3 is 0 Å². The molecule has 0 radical (unpaired) electrons. The van der Waals surface area contributed by atoms with Crippen molar-refractivity contribution in [2.75, 3.05) is 32.2 Å². The maximum Gasteiger partial charge on any atom is 0.265 e. The number of para-hydroxylation sites is 1. The largest absolute Gasteiger partial charge is 0.494 e. The molecule has 1 aliphatic rings. The summed E-state index contributed by atoms with van der Waals surface area (Å²) in [4.78, 5) is 4.77. The van der Waals surface area contributed by atoms with Crippen molar-refractivity contribution in [3.63, 3.8) is 0 Å². The lowest BCUT2D eigenvalue weighted by atomic mass is 10.1. The number of hydrogen-bond donors (Lipinski definition) is 0. The van der Waals surface area contributed by atoms with Gasteiger partial charge in [0.15, 0.2) is 11.5 Å². The van der Waals surface area contributed by atoms with Gasteiger partial charge in [-0.1, -0.05) is 12.1 Å². The molecule has 0 bridgehead atoms. The van der Waals surface area contributed by atoms with Crippen LogP contribution in [0.5, 0.6) is 17.2 Å². The van der Waals surface area contributed by atoms with Gasteiger partial charge in [0.1, 0.15) is 17.1 Å². The normalized spacial score (nSPS) is 13.5. The van der Waals surface area contributed by atoms with E-state index in [1.165, 1.54) is 30.7 Å². The Labute approximate surface area is 163 Å². The molecule has 3 aromatic rings. The van der Waals surface area contributed by atoms with E-state index >= 15 is 0 Å². The van der Waals surface area contributed by atoms with Crippen molar-refractivity contribution in [2.45, 2.75) is 11.3 Å². The van der Waals surface area contributed by atoms with Gasteiger partial charge in [-0.15, -0.1) is 0 Å². The van der Waals surface area contributed by atoms with Gasteiger partial charge < -0.3 is 14.2 Å². The Bertz CT molecular complexity index is 1160. The van der Waals surface area contributed by atoms with Crippen molar-refractivity contribution >= 4 is 26.7 Å². The van der Waals surface area contributed by atoms with Crippen molar-refractivity contribution in [1.29, 1.82) is 0 Å². The van der Waals surface area contributed by atoms with Crippen LogP contribution in [0.4, 0.5) is 5.82 Å². The van der Waals surface area contributed by atoms with E-state index in [-0.39, 0.29) is 4.90 Å². The number of rotatable bonds is 5. The van der Waals surface area contributed by atoms with E-state index in [0.717, 1.165) is 10.9 Å². The van der Waals surface area contributed by atoms with Crippen LogP contribution in [0.15, 0.2) is 47.4 Å². The number of sulfonamides is 1. The molecule has 0 amide bonds. The molecule has 7 nitrogen and oxygen atoms in total. The Kier molecular flexibility index (Phi) is 4.50. The van der Waals surface area contributed by atoms with E-state index in [9.17, 15) is 8.42 Å². The fourth-order valence-corrected chi connectivity index (χ4v) is 4.90. The summed E-state index contributed by atoms with van der Waals surface area (Å²) >= 11 is 0. The lowest BCUT2D eigenvalue weighted by molar-refractivity contribution is 0.354. The average Bonchev–Trinajstić information content (AvgIpc) is 3.14. The molecule has 0 unspecified atom stereocenters. The number of benzene rings is 2. The minimum absolute atomic E-state index is 0.125. The summed E-state index contributed by atoms with van der Waals surface area (Å²) in [6.45, 7) is 0.331. The van der Waals surface area contributed by atoms with Gasteiger partial charge in [-0.2, -0.15) is 0 Å². The predicted molar refractivity (Wildman–Crippen MR) is 106 cm³/mol. The van der Waals surface area contributed by atoms with Crippen molar-refractivity contribution in [1.82, 2.24) is 4.98 Å². The smallest absolute Gasteiger partial charge is 0.265 e. The van der Waals surface area contributed by atoms with E-state index in [4.69, 9.17) is 14.2 Å². The summed E-state index contributed by atoms with van der Waals surface area (Å²) in [5.41, 5.74) is 1.53. The Morgan fingerprint density at radius 3 is 2.39 bits per heavy atom. The third-order valence-electron chi connectivity index (χ3n) is 4.85. The summed E-state index contributed by atoms with van der Waals surface area (Å²) in [5, 5.41) is 0.920. The first-order valence-electron chi connectivity index (χ1n) is 8.71. The highest BCUT2D eigenvalue weighted by Gasteiger charge is 2.33. The second-order valence-corrected chi connectivity index (χ2v) is 8.21. The summed E-state index contributed by atoms with van der Waals surface area (Å²) in [7, 11) is 0.745. The molecule has 1 aromatic heterocycles. The van der Waals surface area contributed by atoms with Crippen molar-refractivity contribution in [3.8, 4) is 17.2 Å². The number of fused-ring (bicyclic) bond motifs is 2. The molecular weight excluding hydrogens is 380 g/mol. The van der Waals surface area contributed by atoms with E-state index in [2.05, 4.69) is 4.98 Å². The highest BCUT2D eigenvalue weighted by Crippen LogP contribution is 2.37. The Balaban J connectivity index is 1.83. The van der Waals surface area contributed by atoms with Crippen LogP contribution in [0, 0.1) is 0 Å². The fraction of sp³-hybridized carbons (Fsp3) is 0.250. The van der Waals surface area contributed by atoms with Crippen LogP contribution in [0.1, 0.15) is 5.56 Å². The number of anilines is 1. The lowest BCUT2D eigenvalue weighted by Crippen LogP contribution is -2.29. The standard InChI is InChI=1S/C20H20N2O5S/c1-25-16-8-7-15(12-18(16)27-3)28(23,24)22-10-9-14-11-13-5-4-6-17(26-2)19(13)21-20(14)22/h4-8,11-12H,9-10H2,1-3H3. The maximum atomic E-state index is 13.3. The minimum atomic E-state index is -3.80. The van der Waals surface area contributed by atoms with E-state index in [1.54, 1.807) is 13.2 Å². The highest BCUT2D eigenvalue weighted by molar-refractivity contribution is 7.92. The Morgan fingerprint density at radius 2 is 1.68 bits per heavy atom. The van der Waals surface area contributed by atoms with Gasteiger partial charge in [0.2, 0.25) is 0 Å². The fourth-order valence-electron chi connectivity index (χ4n) is 3.44. The molecule has 0 aliphatic carbocycles. The molecule has 2 aromatic carbocycles. The molecule has 0 atom stereocenters. The molecule has 1 aliphatic heterocycles. The Morgan fingerprint density at radius 1 is 0.929 bits per heavy atom. The molecule has 2 heterocycles. The second kappa shape index (κ2) is 6.87. The van der Waals surface area contributed by atoms with Crippen LogP contribution in [-0.4, -0.2) is 41.3 Å². The number of aromatic nitrogens is 1. The van der Waals surface area contributed by atoms with Crippen molar-refractivity contribution < 1.29 is 22.6 Å². The van der Waals surface area contributed by atoms with Gasteiger partial charge in [0.05, 0.1) is 26.2 Å². The van der Waals surface area contributed by atoms with Crippen LogP contribution in [0.2, 0.25) is 0 Å². The first-order valence-corrected chi connectivity index (χ1v) is 10.1. The van der Waals surface area contributed by atoms with Crippen LogP contribution < -0.4 is 18.5 Å². The van der Waals surface area contributed by atoms with Gasteiger partial charge in [-0.3, -0.25) is 0 Å². The molecule has 0 N–H and O–H groups in total. The van der Waals surface area contributed by atoms with E-state index < -0.39 is 10.0 Å². The molecule has 28 heavy (non-hydrogen) atoms. The zero-order chi connectivity index (χ0) is 19.9. The van der Waals surface area contributed by atoms with Crippen LogP contribution in [-0.2, 0) is 16.4 Å². The molecule has 8 heteroatoms. The molecule has 0 saturated carbocycles. The monoisotopic (exact) mass is 400 g/mol. The first-order chi connectivity index (χ1) is 13.5. The SMILES string of the molecule is COc1ccc(S(=O)(=O)N2CCc3cc4cccc(OC)c4nc32)cc1OC. The number of nitrogens with zero attached hydrogens (tertiary/aromatic N) is 2. The number of ether oxygens (including phenoxy) is 3. The third kappa shape index (κ3) is 2.80. The van der Waals surface area contributed by atoms with Gasteiger partial charge in [-0.25, -0.2) is 17.7 Å². The molecule has 0 fully saturated rings. The topological polar surface area (TPSA) is 78.0 Å². The zero-order valence-corrected chi connectivity index (χ0v) is 16.6. The minimum Gasteiger partial charge on any atom is -0.494 e. The van der Waals surface area contributed by atoms with E-state index in [1.807, 2.05) is 24.3 Å². The Hall–Kier alpha value is -3.00. The zero-order valence-electron chi connectivity index (χ0n) is 15.8. The third-order valence-corrected chi connectivity index (χ3v) is 6.63. The number of hydrogen-bond acceptors (Lipinski definition) is 6. The first kappa shape index (κ1) is 18.4. The van der Waals surface area contributed by atoms with E-state index in [0.29, 0.717) is 41.5 Å². The molecular formula is C20H20N2O5S. The van der Waals surface area contributed by atoms with Crippen molar-refractivity contribution in [2.24, 2.45) is 0 Å². The molecule has 0 saturated heterocycles. The lowest BCUT2D eigenvalue weighted by Gasteiger charge is -2.20. The predicted octanol–water partition coefficient (Wildman–Crippen LogP) is 3.01. The molecule has 4 rings (SSSR count). The van der Waals surface area contributed by atoms with Crippen LogP contribution in [0.25, 0.3) is 10.9 Å². The summed E-state index contributed by atoms with van der Waals surface area (Å²) in [5.74, 6) is 1.87. The molecule has 0 spiro atoms. The number of methoxy groups -OCH3 is 3. The summed E-state index contributed by atoms with van der Waals surface area (Å²) in [6.07, 6.45) is 0.599. The molecule has 146 valence electrons. The number of pyridine rings is 1. The van der Waals surface area contributed by atoms with Crippen LogP contribution in [0.3, 0.4) is 0 Å². The maximum absolute atomic E-state index is 13.3. The van der Waals surface area contributed by atoms with Gasteiger partial charge in [0, 0.05) is 18.0 Å². The van der Waals surface area contributed by atoms with Gasteiger partial charge in [-0.05, 0) is 36.2 Å². The quantitative estimate of drug-likeness (QED) is 0.655. The second-order valence-electron chi connectivity index (χ2n) is 6.35. The van der Waals surface area contributed by atoms with Crippen LogP contribution >= 0.6 is 0 Å². The average molecular weight is 400 g/mol. The summed E-state index contributed by atoms with van der Waals surface area (Å²) < 4.78 is 43.8. The summed E-state index contributed by atoms with van der Waals surface area (Å²) in [6, 6.07) is 12.2. The highest BCUT2D eigenvalue weighted by atomic mass is 32.2. The van der Waals surface area contributed by atoms with Gasteiger partial charge in [0.25, 0.3) is 10.0 Å². The van der Waals surface area contributed by atoms with Crippen molar-refractivity contribution in [3.05, 3.63) is 48.0 Å².